The Hall–Kier alpha value is -1.72. The average Bonchev–Trinajstić information content (AvgIpc) is 2.74. The number of nitroso groups, excluding NO2 is 2. The molecule has 3 rings (SSSR count). The summed E-state index contributed by atoms with van der Waals surface area (Å²) in [6.07, 6.45) is 0. The fourth-order valence-corrected chi connectivity index (χ4v) is 12.6. The number of hydrogen-bond acceptors (Lipinski definition) is 2. The van der Waals surface area contributed by atoms with Crippen molar-refractivity contribution in [2.24, 2.45) is 0 Å². The fourth-order valence-electron chi connectivity index (χ4n) is 2.43. The van der Waals surface area contributed by atoms with Crippen LogP contribution in [0, 0.1) is 9.81 Å². The van der Waals surface area contributed by atoms with Crippen LogP contribution in [-0.2, 0) is 12.0 Å². The summed E-state index contributed by atoms with van der Waals surface area (Å²) in [5.41, 5.74) is 9.85. The Balaban J connectivity index is 0.000000730. The fraction of sp³-hybridized carbons (Fsp3) is 0. The Kier molecular flexibility index (Phi) is 10.0. The first-order valence-electron chi connectivity index (χ1n) is 7.04. The van der Waals surface area contributed by atoms with Crippen molar-refractivity contribution in [1.29, 1.82) is 0 Å². The van der Waals surface area contributed by atoms with E-state index in [1.54, 1.807) is 0 Å². The molecular weight excluding hydrogens is 446 g/mol. The van der Waals surface area contributed by atoms with E-state index in [9.17, 15) is 0 Å². The molecule has 0 fully saturated rings. The Bertz CT molecular complexity index is 700. The molecule has 0 aliphatic rings. The van der Waals surface area contributed by atoms with Crippen molar-refractivity contribution in [2.75, 3.05) is 0 Å². The van der Waals surface area contributed by atoms with E-state index in [2.05, 4.69) is 105 Å². The van der Waals surface area contributed by atoms with Gasteiger partial charge in [-0.1, -0.05) is 0 Å². The molecule has 3 aromatic rings. The normalized spacial score (nSPS) is 9.96. The standard InChI is InChI=1S/C18H15P.BrH.Co.2NO/c1-4-10-16(11-5-1)19(17-12-6-2-7-13-17)18-14-8-3-9-15-18;;;2*1-2/h1-15H;1H;;;/q;;+1;2*-1/p-1. The SMILES string of the molecule is [Br][Co]=[P](c1ccccc1)(c1ccccc1)c1ccccc1.[N-]=O.[N-]=O. The summed E-state index contributed by atoms with van der Waals surface area (Å²) >= 11 is 5.07. The number of halogens is 1. The van der Waals surface area contributed by atoms with Crippen molar-refractivity contribution in [3.05, 3.63) is 112 Å². The summed E-state index contributed by atoms with van der Waals surface area (Å²) in [7, 11) is 0. The number of benzene rings is 3. The van der Waals surface area contributed by atoms with Crippen LogP contribution in [-0.4, -0.2) is 0 Å². The second-order valence-corrected chi connectivity index (χ2v) is 12.9. The first-order valence-corrected chi connectivity index (χ1v) is 12.7. The zero-order valence-electron chi connectivity index (χ0n) is 13.0. The van der Waals surface area contributed by atoms with Crippen LogP contribution >= 0.6 is 19.7 Å². The van der Waals surface area contributed by atoms with Gasteiger partial charge in [-0.05, 0) is 0 Å². The van der Waals surface area contributed by atoms with Crippen LogP contribution in [0.4, 0.5) is 0 Å². The summed E-state index contributed by atoms with van der Waals surface area (Å²) in [6, 6.07) is 32.5. The molecule has 0 saturated heterocycles. The summed E-state index contributed by atoms with van der Waals surface area (Å²) in [5, 5.41) is 4.21. The molecule has 0 radical (unpaired) electrons. The van der Waals surface area contributed by atoms with E-state index in [0.717, 1.165) is 0 Å². The Morgan fingerprint density at radius 1 is 0.560 bits per heavy atom. The van der Waals surface area contributed by atoms with E-state index in [-0.39, 0.29) is 0 Å². The molecule has 0 aromatic heterocycles. The van der Waals surface area contributed by atoms with Crippen LogP contribution in [0.1, 0.15) is 0 Å². The molecule has 0 N–H and O–H groups in total. The third kappa shape index (κ3) is 4.89. The number of rotatable bonds is 3. The Morgan fingerprint density at radius 3 is 1.00 bits per heavy atom. The van der Waals surface area contributed by atoms with Crippen LogP contribution in [0.2, 0.25) is 0 Å². The van der Waals surface area contributed by atoms with Crippen molar-refractivity contribution in [3.8, 4) is 0 Å². The number of hydrogen-bond donors (Lipinski definition) is 0. The molecule has 0 bridgehead atoms. The Morgan fingerprint density at radius 2 is 0.800 bits per heavy atom. The van der Waals surface area contributed by atoms with Gasteiger partial charge in [0.2, 0.25) is 0 Å². The van der Waals surface area contributed by atoms with Gasteiger partial charge >= 0.3 is 139 Å². The van der Waals surface area contributed by atoms with Gasteiger partial charge in [0.1, 0.15) is 0 Å². The van der Waals surface area contributed by atoms with E-state index in [0.29, 0.717) is 0 Å². The molecule has 0 unspecified atom stereocenters. The van der Waals surface area contributed by atoms with Crippen molar-refractivity contribution >= 4 is 35.6 Å². The molecule has 0 spiro atoms. The van der Waals surface area contributed by atoms with Crippen molar-refractivity contribution < 1.29 is 12.0 Å². The molecule has 0 saturated carbocycles. The smallest absolute Gasteiger partial charge is 0.423 e. The molecule has 7 heteroatoms. The van der Waals surface area contributed by atoms with E-state index in [1.165, 1.54) is 27.9 Å². The number of nitrogens with zero attached hydrogens (tertiary/aromatic N) is 2. The van der Waals surface area contributed by atoms with Gasteiger partial charge in [0.15, 0.2) is 0 Å². The summed E-state index contributed by atoms with van der Waals surface area (Å²) in [5.74, 6) is 0. The second kappa shape index (κ2) is 11.8. The van der Waals surface area contributed by atoms with Gasteiger partial charge in [-0.15, -0.1) is 0 Å². The van der Waals surface area contributed by atoms with Gasteiger partial charge in [0.25, 0.3) is 0 Å². The molecule has 0 aliphatic carbocycles. The Labute approximate surface area is 159 Å². The molecule has 0 heterocycles. The summed E-state index contributed by atoms with van der Waals surface area (Å²) < 4.78 is 0. The summed E-state index contributed by atoms with van der Waals surface area (Å²) in [6.45, 7) is 0. The van der Waals surface area contributed by atoms with Crippen LogP contribution < -0.4 is 15.9 Å². The average molecular weight is 461 g/mol. The zero-order chi connectivity index (χ0) is 18.5. The molecule has 0 atom stereocenters. The molecule has 0 amide bonds. The third-order valence-corrected chi connectivity index (χ3v) is 14.1. The minimum atomic E-state index is -1.65. The van der Waals surface area contributed by atoms with E-state index < -0.39 is 5.55 Å². The van der Waals surface area contributed by atoms with Crippen molar-refractivity contribution in [3.63, 3.8) is 0 Å². The van der Waals surface area contributed by atoms with Crippen LogP contribution in [0.3, 0.4) is 0 Å². The predicted molar refractivity (Wildman–Crippen MR) is 108 cm³/mol. The monoisotopic (exact) mass is 460 g/mol. The molecular formula is C18H15BrCoN2O2P-2. The molecule has 132 valence electrons. The van der Waals surface area contributed by atoms with E-state index in [1.807, 2.05) is 0 Å². The van der Waals surface area contributed by atoms with Gasteiger partial charge in [-0.3, -0.25) is 0 Å². The minimum absolute atomic E-state index is 1.27. The third-order valence-electron chi connectivity index (χ3n) is 3.39. The van der Waals surface area contributed by atoms with Gasteiger partial charge < -0.3 is 21.0 Å². The van der Waals surface area contributed by atoms with Crippen molar-refractivity contribution in [1.82, 2.24) is 0 Å². The van der Waals surface area contributed by atoms with E-state index >= 15 is 0 Å². The molecule has 0 aliphatic heterocycles. The van der Waals surface area contributed by atoms with Gasteiger partial charge in [-0.25, -0.2) is 0 Å². The van der Waals surface area contributed by atoms with Gasteiger partial charge in [0, 0.05) is 0 Å². The predicted octanol–water partition coefficient (Wildman–Crippen LogP) is 4.93. The van der Waals surface area contributed by atoms with Crippen LogP contribution in [0.25, 0.3) is 11.2 Å². The second-order valence-electron chi connectivity index (χ2n) is 4.62. The zero-order valence-corrected chi connectivity index (χ0v) is 16.6. The molecule has 25 heavy (non-hydrogen) atoms. The summed E-state index contributed by atoms with van der Waals surface area (Å²) in [4.78, 5) is 14.5. The maximum atomic E-state index is 7.25. The van der Waals surface area contributed by atoms with Crippen molar-refractivity contribution in [2.45, 2.75) is 0 Å². The maximum Gasteiger partial charge on any atom is -0.423 e. The first kappa shape index (κ1) is 21.3. The molecule has 3 aromatic carbocycles. The molecule has 4 nitrogen and oxygen atoms in total. The quantitative estimate of drug-likeness (QED) is 0.519. The van der Waals surface area contributed by atoms with Crippen LogP contribution in [0.5, 0.6) is 0 Å². The van der Waals surface area contributed by atoms with Gasteiger partial charge in [-0.2, -0.15) is 0 Å². The van der Waals surface area contributed by atoms with Gasteiger partial charge in [0.05, 0.1) is 0 Å². The topological polar surface area (TPSA) is 78.7 Å². The van der Waals surface area contributed by atoms with Crippen LogP contribution in [0.15, 0.2) is 91.0 Å². The first-order chi connectivity index (χ1) is 12.4. The minimum Gasteiger partial charge on any atom is -0.577 e. The van der Waals surface area contributed by atoms with E-state index in [4.69, 9.17) is 21.0 Å². The largest absolute Gasteiger partial charge is 0.577 e. The maximum absolute atomic E-state index is 7.25.